The summed E-state index contributed by atoms with van der Waals surface area (Å²) < 4.78 is 0.791. The van der Waals surface area contributed by atoms with E-state index < -0.39 is 5.91 Å². The van der Waals surface area contributed by atoms with Gasteiger partial charge in [0.1, 0.15) is 10.7 Å². The molecule has 1 aliphatic rings. The molecule has 0 saturated heterocycles. The standard InChI is InChI=1S/C6H4BrN3OS/c7-6-10-3-1-2(4(8)11)9-5(3)12-6/h1H2,(H2,8,11). The minimum atomic E-state index is -0.462. The van der Waals surface area contributed by atoms with Crippen LogP contribution in [0.4, 0.5) is 5.00 Å². The van der Waals surface area contributed by atoms with Gasteiger partial charge >= 0.3 is 0 Å². The first kappa shape index (κ1) is 7.88. The number of hydrogen-bond acceptors (Lipinski definition) is 4. The van der Waals surface area contributed by atoms with E-state index in [0.717, 1.165) is 14.6 Å². The average molecular weight is 246 g/mol. The molecule has 12 heavy (non-hydrogen) atoms. The van der Waals surface area contributed by atoms with Gasteiger partial charge in [0.2, 0.25) is 0 Å². The second kappa shape index (κ2) is 2.63. The molecule has 2 heterocycles. The van der Waals surface area contributed by atoms with Gasteiger partial charge in [0.05, 0.1) is 5.69 Å². The zero-order valence-corrected chi connectivity index (χ0v) is 8.28. The van der Waals surface area contributed by atoms with Crippen molar-refractivity contribution in [3.05, 3.63) is 9.61 Å². The number of fused-ring (bicyclic) bond motifs is 1. The molecule has 0 atom stereocenters. The van der Waals surface area contributed by atoms with Gasteiger partial charge in [-0.15, -0.1) is 0 Å². The Morgan fingerprint density at radius 3 is 3.00 bits per heavy atom. The Morgan fingerprint density at radius 1 is 1.67 bits per heavy atom. The molecule has 4 nitrogen and oxygen atoms in total. The SMILES string of the molecule is NC(=O)C1=Nc2sc(Br)nc2C1. The number of carbonyl (C=O) groups excluding carboxylic acids is 1. The first-order valence-electron chi connectivity index (χ1n) is 3.19. The van der Waals surface area contributed by atoms with Crippen molar-refractivity contribution in [2.24, 2.45) is 10.7 Å². The van der Waals surface area contributed by atoms with Crippen molar-refractivity contribution >= 4 is 43.9 Å². The summed E-state index contributed by atoms with van der Waals surface area (Å²) in [6.07, 6.45) is 0.465. The van der Waals surface area contributed by atoms with E-state index in [2.05, 4.69) is 25.9 Å². The molecular formula is C6H4BrN3OS. The molecule has 1 aromatic rings. The topological polar surface area (TPSA) is 68.3 Å². The second-order valence-corrected chi connectivity index (χ2v) is 4.57. The molecule has 0 saturated carbocycles. The summed E-state index contributed by atoms with van der Waals surface area (Å²) in [7, 11) is 0. The van der Waals surface area contributed by atoms with Crippen LogP contribution in [0.25, 0.3) is 0 Å². The van der Waals surface area contributed by atoms with Gasteiger partial charge in [-0.2, -0.15) is 0 Å². The maximum atomic E-state index is 10.7. The lowest BCUT2D eigenvalue weighted by Gasteiger charge is -1.88. The van der Waals surface area contributed by atoms with Gasteiger partial charge in [-0.3, -0.25) is 4.79 Å². The summed E-state index contributed by atoms with van der Waals surface area (Å²) >= 11 is 4.64. The Bertz CT molecular complexity index is 384. The lowest BCUT2D eigenvalue weighted by molar-refractivity contribution is -0.112. The number of primary amides is 1. The van der Waals surface area contributed by atoms with Crippen LogP contribution >= 0.6 is 27.3 Å². The first-order chi connectivity index (χ1) is 5.66. The molecule has 1 aromatic heterocycles. The van der Waals surface area contributed by atoms with Crippen molar-refractivity contribution in [2.45, 2.75) is 6.42 Å². The first-order valence-corrected chi connectivity index (χ1v) is 4.80. The van der Waals surface area contributed by atoms with E-state index in [9.17, 15) is 4.79 Å². The van der Waals surface area contributed by atoms with E-state index >= 15 is 0 Å². The third-order valence-corrected chi connectivity index (χ3v) is 2.95. The van der Waals surface area contributed by atoms with Gasteiger partial charge in [-0.25, -0.2) is 9.98 Å². The molecule has 0 bridgehead atoms. The third-order valence-electron chi connectivity index (χ3n) is 1.51. The number of halogens is 1. The fourth-order valence-corrected chi connectivity index (χ4v) is 2.36. The summed E-state index contributed by atoms with van der Waals surface area (Å²) in [4.78, 5) is 18.9. The van der Waals surface area contributed by atoms with Crippen molar-refractivity contribution in [1.82, 2.24) is 4.98 Å². The van der Waals surface area contributed by atoms with Crippen LogP contribution in [0, 0.1) is 0 Å². The Hall–Kier alpha value is -0.750. The zero-order valence-electron chi connectivity index (χ0n) is 5.87. The highest BCUT2D eigenvalue weighted by Gasteiger charge is 2.22. The largest absolute Gasteiger partial charge is 0.365 e. The monoisotopic (exact) mass is 245 g/mol. The molecule has 2 rings (SSSR count). The summed E-state index contributed by atoms with van der Waals surface area (Å²) in [5.74, 6) is -0.462. The molecule has 62 valence electrons. The van der Waals surface area contributed by atoms with Gasteiger partial charge in [-0.1, -0.05) is 11.3 Å². The van der Waals surface area contributed by atoms with Gasteiger partial charge in [0.15, 0.2) is 3.92 Å². The van der Waals surface area contributed by atoms with Crippen molar-refractivity contribution in [1.29, 1.82) is 0 Å². The van der Waals surface area contributed by atoms with E-state index in [4.69, 9.17) is 5.73 Å². The van der Waals surface area contributed by atoms with Gasteiger partial charge in [-0.05, 0) is 15.9 Å². The summed E-state index contributed by atoms with van der Waals surface area (Å²) in [5.41, 5.74) is 6.30. The van der Waals surface area contributed by atoms with E-state index in [-0.39, 0.29) is 0 Å². The predicted octanol–water partition coefficient (Wildman–Crippen LogP) is 1.02. The van der Waals surface area contributed by atoms with Crippen LogP contribution in [0.15, 0.2) is 8.91 Å². The molecule has 0 unspecified atom stereocenters. The molecule has 1 aliphatic heterocycles. The minimum absolute atomic E-state index is 0.399. The van der Waals surface area contributed by atoms with Gasteiger partial charge in [0.25, 0.3) is 5.91 Å². The maximum Gasteiger partial charge on any atom is 0.263 e. The fraction of sp³-hybridized carbons (Fsp3) is 0.167. The van der Waals surface area contributed by atoms with Crippen molar-refractivity contribution in [3.8, 4) is 0 Å². The molecule has 0 spiro atoms. The smallest absolute Gasteiger partial charge is 0.263 e. The number of thiazole rings is 1. The minimum Gasteiger partial charge on any atom is -0.365 e. The molecule has 0 aliphatic carbocycles. The van der Waals surface area contributed by atoms with Crippen LogP contribution in [0.2, 0.25) is 0 Å². The van der Waals surface area contributed by atoms with E-state index in [1.165, 1.54) is 11.3 Å². The van der Waals surface area contributed by atoms with E-state index in [1.807, 2.05) is 0 Å². The number of nitrogens with two attached hydrogens (primary N) is 1. The molecule has 1 amide bonds. The van der Waals surface area contributed by atoms with Gasteiger partial charge < -0.3 is 5.73 Å². The van der Waals surface area contributed by atoms with Crippen LogP contribution in [0.1, 0.15) is 5.69 Å². The molecule has 2 N–H and O–H groups in total. The lowest BCUT2D eigenvalue weighted by atomic mass is 10.2. The van der Waals surface area contributed by atoms with Crippen LogP contribution < -0.4 is 5.73 Å². The van der Waals surface area contributed by atoms with E-state index in [1.54, 1.807) is 0 Å². The molecular weight excluding hydrogens is 242 g/mol. The highest BCUT2D eigenvalue weighted by molar-refractivity contribution is 9.11. The number of nitrogens with zero attached hydrogens (tertiary/aromatic N) is 2. The molecule has 0 aromatic carbocycles. The number of carbonyl (C=O) groups is 1. The molecule has 0 fully saturated rings. The Kier molecular flexibility index (Phi) is 1.73. The number of aliphatic imine (C=N–C) groups is 1. The zero-order chi connectivity index (χ0) is 8.72. The number of aromatic nitrogens is 1. The van der Waals surface area contributed by atoms with Crippen LogP contribution in [0.5, 0.6) is 0 Å². The number of rotatable bonds is 1. The predicted molar refractivity (Wildman–Crippen MR) is 49.8 cm³/mol. The third kappa shape index (κ3) is 1.16. The summed E-state index contributed by atoms with van der Waals surface area (Å²) in [6, 6.07) is 0. The normalized spacial score (nSPS) is 14.2. The Morgan fingerprint density at radius 2 is 2.42 bits per heavy atom. The number of amides is 1. The summed E-state index contributed by atoms with van der Waals surface area (Å²) in [6.45, 7) is 0. The van der Waals surface area contributed by atoms with Crippen molar-refractivity contribution in [3.63, 3.8) is 0 Å². The van der Waals surface area contributed by atoms with Gasteiger partial charge in [0, 0.05) is 6.42 Å². The van der Waals surface area contributed by atoms with Crippen molar-refractivity contribution < 1.29 is 4.79 Å². The van der Waals surface area contributed by atoms with Crippen LogP contribution in [-0.4, -0.2) is 16.6 Å². The highest BCUT2D eigenvalue weighted by atomic mass is 79.9. The second-order valence-electron chi connectivity index (χ2n) is 2.32. The fourth-order valence-electron chi connectivity index (χ4n) is 0.981. The Balaban J connectivity index is 2.39. The average Bonchev–Trinajstić information content (AvgIpc) is 2.42. The summed E-state index contributed by atoms with van der Waals surface area (Å²) in [5, 5.41) is 0.788. The Labute approximate surface area is 80.6 Å². The van der Waals surface area contributed by atoms with E-state index in [0.29, 0.717) is 12.1 Å². The quantitative estimate of drug-likeness (QED) is 0.803. The molecule has 0 radical (unpaired) electrons. The maximum absolute atomic E-state index is 10.7. The molecule has 6 heteroatoms. The number of hydrogen-bond donors (Lipinski definition) is 1. The lowest BCUT2D eigenvalue weighted by Crippen LogP contribution is -2.23. The van der Waals surface area contributed by atoms with Crippen LogP contribution in [0.3, 0.4) is 0 Å². The highest BCUT2D eigenvalue weighted by Crippen LogP contribution is 2.35. The van der Waals surface area contributed by atoms with Crippen LogP contribution in [-0.2, 0) is 11.2 Å². The van der Waals surface area contributed by atoms with Crippen molar-refractivity contribution in [2.75, 3.05) is 0 Å².